The molecule has 5 aromatic rings. The molecule has 5 nitrogen and oxygen atoms in total. The predicted octanol–water partition coefficient (Wildman–Crippen LogP) is 13.7. The second-order valence-corrected chi connectivity index (χ2v) is 14.0. The Labute approximate surface area is 313 Å². The molecular formula is C47H58N2O3. The maximum Gasteiger partial charge on any atom is 0.147 e. The van der Waals surface area contributed by atoms with Crippen LogP contribution in [0, 0.1) is 34.6 Å². The molecule has 5 heteroatoms. The highest BCUT2D eigenvalue weighted by Gasteiger charge is 2.25. The summed E-state index contributed by atoms with van der Waals surface area (Å²) in [6.45, 7) is 19.3. The number of nitrogens with zero attached hydrogens (tertiary/aromatic N) is 2. The Morgan fingerprint density at radius 2 is 0.865 bits per heavy atom. The molecular weight excluding hydrogens is 641 g/mol. The molecule has 52 heavy (non-hydrogen) atoms. The minimum Gasteiger partial charge on any atom is -0.493 e. The molecule has 0 atom stereocenters. The van der Waals surface area contributed by atoms with E-state index >= 15 is 0 Å². The van der Waals surface area contributed by atoms with Gasteiger partial charge in [-0.1, -0.05) is 87.6 Å². The van der Waals surface area contributed by atoms with Crippen LogP contribution in [0.3, 0.4) is 0 Å². The molecule has 0 unspecified atom stereocenters. The van der Waals surface area contributed by atoms with Gasteiger partial charge in [0.05, 0.1) is 31.2 Å². The molecule has 274 valence electrons. The molecule has 0 aromatic heterocycles. The number of hydrogen-bond acceptors (Lipinski definition) is 5. The fourth-order valence-corrected chi connectivity index (χ4v) is 6.47. The maximum absolute atomic E-state index is 6.62. The number of ether oxygens (including phenoxy) is 3. The number of benzene rings is 5. The van der Waals surface area contributed by atoms with Crippen LogP contribution in [0.4, 0.5) is 34.1 Å². The molecule has 0 saturated carbocycles. The van der Waals surface area contributed by atoms with Gasteiger partial charge >= 0.3 is 0 Å². The molecule has 0 heterocycles. The highest BCUT2D eigenvalue weighted by Crippen LogP contribution is 2.48. The third-order valence-corrected chi connectivity index (χ3v) is 9.30. The number of anilines is 6. The molecule has 0 bridgehead atoms. The fourth-order valence-electron chi connectivity index (χ4n) is 6.47. The average molecular weight is 699 g/mol. The third-order valence-electron chi connectivity index (χ3n) is 9.30. The van der Waals surface area contributed by atoms with Crippen molar-refractivity contribution < 1.29 is 14.2 Å². The molecule has 0 aliphatic heterocycles. The molecule has 0 amide bonds. The van der Waals surface area contributed by atoms with Crippen LogP contribution in [-0.4, -0.2) is 19.8 Å². The molecule has 0 fully saturated rings. The van der Waals surface area contributed by atoms with E-state index in [0.717, 1.165) is 101 Å². The van der Waals surface area contributed by atoms with Crippen LogP contribution in [0.25, 0.3) is 0 Å². The zero-order valence-electron chi connectivity index (χ0n) is 32.7. The van der Waals surface area contributed by atoms with Gasteiger partial charge in [0.2, 0.25) is 0 Å². The Morgan fingerprint density at radius 3 is 1.35 bits per heavy atom. The first-order chi connectivity index (χ1) is 25.2. The van der Waals surface area contributed by atoms with E-state index in [1.165, 1.54) is 16.7 Å². The fraction of sp³-hybridized carbons (Fsp3) is 0.362. The lowest BCUT2D eigenvalue weighted by Crippen LogP contribution is -2.16. The van der Waals surface area contributed by atoms with Gasteiger partial charge in [-0.05, 0) is 125 Å². The molecule has 0 radical (unpaired) electrons. The average Bonchev–Trinajstić information content (AvgIpc) is 3.12. The van der Waals surface area contributed by atoms with E-state index in [2.05, 4.69) is 162 Å². The standard InChI is InChI=1S/C47H58N2O3/c1-9-12-26-50-43-31-38(8)47(45(33-43)52-28-14-11-3)49(40-24-20-35(5)21-25-40)42-17-15-16-41(32-42)48(39-22-18-34(4)19-23-39)46-37(7)29-36(6)30-44(46)51-27-13-10-2/h15-25,29-33H,9-14,26-28H2,1-8H3. The van der Waals surface area contributed by atoms with E-state index in [9.17, 15) is 0 Å². The van der Waals surface area contributed by atoms with E-state index in [4.69, 9.17) is 14.2 Å². The van der Waals surface area contributed by atoms with Crippen molar-refractivity contribution in [2.45, 2.75) is 93.9 Å². The van der Waals surface area contributed by atoms with Gasteiger partial charge in [0.15, 0.2) is 0 Å². The lowest BCUT2D eigenvalue weighted by atomic mass is 10.0. The first-order valence-electron chi connectivity index (χ1n) is 19.2. The van der Waals surface area contributed by atoms with Crippen molar-refractivity contribution in [2.24, 2.45) is 0 Å². The smallest absolute Gasteiger partial charge is 0.147 e. The minimum absolute atomic E-state index is 0.637. The first-order valence-corrected chi connectivity index (χ1v) is 19.2. The molecule has 0 saturated heterocycles. The summed E-state index contributed by atoms with van der Waals surface area (Å²) in [6.07, 6.45) is 6.21. The van der Waals surface area contributed by atoms with Gasteiger partial charge in [-0.25, -0.2) is 0 Å². The molecule has 0 spiro atoms. The summed E-state index contributed by atoms with van der Waals surface area (Å²) in [5, 5.41) is 0. The van der Waals surface area contributed by atoms with Crippen LogP contribution in [0.5, 0.6) is 17.2 Å². The maximum atomic E-state index is 6.62. The topological polar surface area (TPSA) is 34.2 Å². The second-order valence-electron chi connectivity index (χ2n) is 14.0. The number of unbranched alkanes of at least 4 members (excludes halogenated alkanes) is 3. The first kappa shape index (κ1) is 38.3. The molecule has 0 aliphatic carbocycles. The highest BCUT2D eigenvalue weighted by molar-refractivity contribution is 5.88. The Hall–Kier alpha value is -4.90. The third kappa shape index (κ3) is 9.50. The van der Waals surface area contributed by atoms with Crippen molar-refractivity contribution in [3.63, 3.8) is 0 Å². The van der Waals surface area contributed by atoms with Gasteiger partial charge in [0, 0.05) is 28.8 Å². The van der Waals surface area contributed by atoms with Crippen LogP contribution in [0.15, 0.2) is 97.1 Å². The molecule has 5 rings (SSSR count). The summed E-state index contributed by atoms with van der Waals surface area (Å²) in [7, 11) is 0. The van der Waals surface area contributed by atoms with Crippen LogP contribution >= 0.6 is 0 Å². The number of aryl methyl sites for hydroxylation is 5. The summed E-state index contributed by atoms with van der Waals surface area (Å²) in [5.74, 6) is 2.56. The SMILES string of the molecule is CCCCOc1cc(C)c(N(c2ccc(C)cc2)c2cccc(N(c3ccc(C)cc3)c3c(C)cc(C)cc3OCCCC)c2)c(OCCCC)c1. The van der Waals surface area contributed by atoms with Crippen molar-refractivity contribution >= 4 is 34.1 Å². The second kappa shape index (κ2) is 18.5. The quantitative estimate of drug-likeness (QED) is 0.0851. The van der Waals surface area contributed by atoms with Gasteiger partial charge in [-0.2, -0.15) is 0 Å². The Bertz CT molecular complexity index is 1880. The van der Waals surface area contributed by atoms with Crippen molar-refractivity contribution in [3.05, 3.63) is 125 Å². The molecule has 0 N–H and O–H groups in total. The molecule has 0 aliphatic rings. The minimum atomic E-state index is 0.637. The zero-order valence-corrected chi connectivity index (χ0v) is 32.7. The van der Waals surface area contributed by atoms with Crippen LogP contribution < -0.4 is 24.0 Å². The lowest BCUT2D eigenvalue weighted by molar-refractivity contribution is 0.294. The summed E-state index contributed by atoms with van der Waals surface area (Å²) < 4.78 is 19.4. The van der Waals surface area contributed by atoms with E-state index in [0.29, 0.717) is 19.8 Å². The summed E-state index contributed by atoms with van der Waals surface area (Å²) in [5.41, 5.74) is 12.1. The van der Waals surface area contributed by atoms with Crippen molar-refractivity contribution in [1.29, 1.82) is 0 Å². The Balaban J connectivity index is 1.72. The van der Waals surface area contributed by atoms with E-state index in [1.54, 1.807) is 0 Å². The van der Waals surface area contributed by atoms with E-state index in [1.807, 2.05) is 0 Å². The van der Waals surface area contributed by atoms with Gasteiger partial charge in [0.25, 0.3) is 0 Å². The lowest BCUT2D eigenvalue weighted by Gasteiger charge is -2.32. The van der Waals surface area contributed by atoms with Crippen molar-refractivity contribution in [2.75, 3.05) is 29.6 Å². The van der Waals surface area contributed by atoms with E-state index in [-0.39, 0.29) is 0 Å². The van der Waals surface area contributed by atoms with Gasteiger partial charge in [-0.15, -0.1) is 0 Å². The largest absolute Gasteiger partial charge is 0.493 e. The summed E-state index contributed by atoms with van der Waals surface area (Å²) >= 11 is 0. The highest BCUT2D eigenvalue weighted by atomic mass is 16.5. The van der Waals surface area contributed by atoms with Crippen molar-refractivity contribution in [1.82, 2.24) is 0 Å². The predicted molar refractivity (Wildman–Crippen MR) is 221 cm³/mol. The van der Waals surface area contributed by atoms with Gasteiger partial charge < -0.3 is 24.0 Å². The summed E-state index contributed by atoms with van der Waals surface area (Å²) in [6, 6.07) is 35.0. The Morgan fingerprint density at radius 1 is 0.423 bits per heavy atom. The van der Waals surface area contributed by atoms with Crippen molar-refractivity contribution in [3.8, 4) is 17.2 Å². The van der Waals surface area contributed by atoms with E-state index < -0.39 is 0 Å². The van der Waals surface area contributed by atoms with Crippen LogP contribution in [0.2, 0.25) is 0 Å². The zero-order chi connectivity index (χ0) is 37.0. The van der Waals surface area contributed by atoms with Crippen LogP contribution in [-0.2, 0) is 0 Å². The van der Waals surface area contributed by atoms with Gasteiger partial charge in [0.1, 0.15) is 17.2 Å². The van der Waals surface area contributed by atoms with Gasteiger partial charge in [-0.3, -0.25) is 0 Å². The number of rotatable bonds is 18. The number of hydrogen-bond donors (Lipinski definition) is 0. The normalized spacial score (nSPS) is 11.0. The molecule has 5 aromatic carbocycles. The Kier molecular flexibility index (Phi) is 13.7. The van der Waals surface area contributed by atoms with Crippen LogP contribution in [0.1, 0.15) is 87.1 Å². The summed E-state index contributed by atoms with van der Waals surface area (Å²) in [4.78, 5) is 4.69. The monoisotopic (exact) mass is 698 g/mol.